The molecule has 1 atom stereocenters. The summed E-state index contributed by atoms with van der Waals surface area (Å²) in [6.07, 6.45) is 3.69. The fourth-order valence-corrected chi connectivity index (χ4v) is 4.92. The van der Waals surface area contributed by atoms with E-state index in [0.717, 1.165) is 0 Å². The van der Waals surface area contributed by atoms with Crippen LogP contribution in [0.3, 0.4) is 0 Å². The van der Waals surface area contributed by atoms with Crippen LogP contribution in [0.25, 0.3) is 0 Å². The molecule has 0 bridgehead atoms. The van der Waals surface area contributed by atoms with Crippen molar-refractivity contribution in [3.05, 3.63) is 41.7 Å². The molecule has 0 spiro atoms. The number of benzene rings is 1. The number of carbonyl (C=O) groups excluding carboxylic acids is 2. The van der Waals surface area contributed by atoms with Crippen LogP contribution in [0.1, 0.15) is 52.5 Å². The number of nitrogens with zero attached hydrogens (tertiary/aromatic N) is 1. The predicted molar refractivity (Wildman–Crippen MR) is 122 cm³/mol. The Balaban J connectivity index is 1.89. The molecule has 0 unspecified atom stereocenters. The Kier molecular flexibility index (Phi) is 8.45. The Bertz CT molecular complexity index is 973. The molecule has 178 valence electrons. The number of nitrogens with one attached hydrogen (secondary N) is 1. The highest BCUT2D eigenvalue weighted by Crippen LogP contribution is 2.26. The number of allylic oxidation sites excluding steroid dienone is 1. The summed E-state index contributed by atoms with van der Waals surface area (Å²) in [6.45, 7) is 9.62. The molecule has 1 aliphatic heterocycles. The molecular formula is C23H33FN2O5S. The SMILES string of the molecule is CC(C)COc1cc([C@@H](C)CS(=O)(=O)CCC=CCN2C(=O)NC(=O)C2(C)C)ccc1F. The number of carbonyl (C=O) groups is 2. The lowest BCUT2D eigenvalue weighted by Gasteiger charge is -2.26. The zero-order valence-electron chi connectivity index (χ0n) is 19.4. The van der Waals surface area contributed by atoms with E-state index in [1.807, 2.05) is 13.8 Å². The van der Waals surface area contributed by atoms with Gasteiger partial charge in [0.15, 0.2) is 21.4 Å². The van der Waals surface area contributed by atoms with E-state index < -0.39 is 27.2 Å². The van der Waals surface area contributed by atoms with E-state index in [-0.39, 0.29) is 41.5 Å². The summed E-state index contributed by atoms with van der Waals surface area (Å²) in [5, 5.41) is 2.27. The van der Waals surface area contributed by atoms with Gasteiger partial charge in [0.25, 0.3) is 5.91 Å². The number of urea groups is 1. The van der Waals surface area contributed by atoms with Crippen LogP contribution in [0.15, 0.2) is 30.4 Å². The lowest BCUT2D eigenvalue weighted by molar-refractivity contribution is -0.124. The van der Waals surface area contributed by atoms with Crippen molar-refractivity contribution in [3.8, 4) is 5.75 Å². The highest BCUT2D eigenvalue weighted by atomic mass is 32.2. The second-order valence-electron chi connectivity index (χ2n) is 9.10. The molecule has 1 aromatic rings. The smallest absolute Gasteiger partial charge is 0.325 e. The van der Waals surface area contributed by atoms with E-state index in [4.69, 9.17) is 4.74 Å². The monoisotopic (exact) mass is 468 g/mol. The summed E-state index contributed by atoms with van der Waals surface area (Å²) in [7, 11) is -3.35. The number of hydrogen-bond acceptors (Lipinski definition) is 5. The van der Waals surface area contributed by atoms with E-state index in [1.165, 1.54) is 11.0 Å². The van der Waals surface area contributed by atoms with Gasteiger partial charge in [-0.3, -0.25) is 10.1 Å². The number of halogens is 1. The molecule has 1 fully saturated rings. The molecule has 2 rings (SSSR count). The van der Waals surface area contributed by atoms with Crippen molar-refractivity contribution >= 4 is 21.8 Å². The molecule has 7 nitrogen and oxygen atoms in total. The third-order valence-electron chi connectivity index (χ3n) is 5.35. The molecule has 0 aromatic heterocycles. The van der Waals surface area contributed by atoms with Gasteiger partial charge in [0.1, 0.15) is 5.54 Å². The molecule has 0 saturated carbocycles. The van der Waals surface area contributed by atoms with Gasteiger partial charge in [0.05, 0.1) is 18.1 Å². The first kappa shape index (κ1) is 25.8. The van der Waals surface area contributed by atoms with Gasteiger partial charge in [0, 0.05) is 6.54 Å². The third-order valence-corrected chi connectivity index (χ3v) is 7.21. The van der Waals surface area contributed by atoms with Crippen molar-refractivity contribution in [1.82, 2.24) is 10.2 Å². The average Bonchev–Trinajstić information content (AvgIpc) is 2.87. The summed E-state index contributed by atoms with van der Waals surface area (Å²) in [6, 6.07) is 4.00. The quantitative estimate of drug-likeness (QED) is 0.395. The van der Waals surface area contributed by atoms with Crippen molar-refractivity contribution in [1.29, 1.82) is 0 Å². The van der Waals surface area contributed by atoms with Crippen LogP contribution >= 0.6 is 0 Å². The first-order valence-electron chi connectivity index (χ1n) is 10.7. The number of imide groups is 1. The van der Waals surface area contributed by atoms with Crippen LogP contribution < -0.4 is 10.1 Å². The number of sulfone groups is 1. The van der Waals surface area contributed by atoms with Gasteiger partial charge in [-0.05, 0) is 49.8 Å². The first-order chi connectivity index (χ1) is 14.8. The highest BCUT2D eigenvalue weighted by molar-refractivity contribution is 7.91. The van der Waals surface area contributed by atoms with Gasteiger partial charge in [-0.15, -0.1) is 0 Å². The summed E-state index contributed by atoms with van der Waals surface area (Å²) < 4.78 is 44.5. The summed E-state index contributed by atoms with van der Waals surface area (Å²) in [5.74, 6) is -0.860. The largest absolute Gasteiger partial charge is 0.490 e. The van der Waals surface area contributed by atoms with Crippen LogP contribution in [0.2, 0.25) is 0 Å². The topological polar surface area (TPSA) is 92.8 Å². The molecule has 1 aliphatic rings. The summed E-state index contributed by atoms with van der Waals surface area (Å²) in [5.41, 5.74) is -0.230. The van der Waals surface area contributed by atoms with Crippen LogP contribution in [-0.4, -0.2) is 55.5 Å². The molecule has 1 aromatic carbocycles. The zero-order chi connectivity index (χ0) is 24.1. The summed E-state index contributed by atoms with van der Waals surface area (Å²) in [4.78, 5) is 25.0. The molecule has 32 heavy (non-hydrogen) atoms. The number of ether oxygens (including phenoxy) is 1. The molecule has 3 amide bonds. The predicted octanol–water partition coefficient (Wildman–Crippen LogP) is 3.66. The Morgan fingerprint density at radius 1 is 1.19 bits per heavy atom. The van der Waals surface area contributed by atoms with E-state index in [9.17, 15) is 22.4 Å². The average molecular weight is 469 g/mol. The van der Waals surface area contributed by atoms with Gasteiger partial charge in [-0.2, -0.15) is 0 Å². The summed E-state index contributed by atoms with van der Waals surface area (Å²) >= 11 is 0. The minimum atomic E-state index is -3.35. The van der Waals surface area contributed by atoms with Gasteiger partial charge in [-0.1, -0.05) is 39.0 Å². The lowest BCUT2D eigenvalue weighted by atomic mass is 10.0. The van der Waals surface area contributed by atoms with Gasteiger partial charge < -0.3 is 9.64 Å². The van der Waals surface area contributed by atoms with Crippen molar-refractivity contribution < 1.29 is 27.1 Å². The van der Waals surface area contributed by atoms with Crippen molar-refractivity contribution in [2.75, 3.05) is 24.7 Å². The van der Waals surface area contributed by atoms with Crippen LogP contribution in [0, 0.1) is 11.7 Å². The molecular weight excluding hydrogens is 435 g/mol. The normalized spacial score (nSPS) is 17.3. The first-order valence-corrected chi connectivity index (χ1v) is 12.6. The minimum Gasteiger partial charge on any atom is -0.490 e. The zero-order valence-corrected chi connectivity index (χ0v) is 20.2. The van der Waals surface area contributed by atoms with Crippen LogP contribution in [-0.2, 0) is 14.6 Å². The van der Waals surface area contributed by atoms with Gasteiger partial charge in [0.2, 0.25) is 0 Å². The highest BCUT2D eigenvalue weighted by Gasteiger charge is 2.44. The van der Waals surface area contributed by atoms with Crippen molar-refractivity contribution in [3.63, 3.8) is 0 Å². The van der Waals surface area contributed by atoms with Crippen LogP contribution in [0.4, 0.5) is 9.18 Å². The van der Waals surface area contributed by atoms with Crippen LogP contribution in [0.5, 0.6) is 5.75 Å². The minimum absolute atomic E-state index is 0.0414. The van der Waals surface area contributed by atoms with Gasteiger partial charge in [-0.25, -0.2) is 17.6 Å². The second-order valence-corrected chi connectivity index (χ2v) is 11.3. The molecule has 1 saturated heterocycles. The third kappa shape index (κ3) is 6.79. The molecule has 0 aliphatic carbocycles. The molecule has 1 heterocycles. The molecule has 9 heteroatoms. The fourth-order valence-electron chi connectivity index (χ4n) is 3.30. The molecule has 1 N–H and O–H groups in total. The standard InChI is InChI=1S/C23H33FN2O5S/c1-16(2)14-31-20-13-18(9-10-19(20)24)17(3)15-32(29,30)12-8-6-7-11-26-22(28)25-21(27)23(26,4)5/h6-7,9-10,13,16-17H,8,11-12,14-15H2,1-5H3,(H,25,27,28)/t17-/m0/s1. The lowest BCUT2D eigenvalue weighted by Crippen LogP contribution is -2.44. The fraction of sp³-hybridized carbons (Fsp3) is 0.565. The van der Waals surface area contributed by atoms with Gasteiger partial charge >= 0.3 is 6.03 Å². The molecule has 0 radical (unpaired) electrons. The van der Waals surface area contributed by atoms with Crippen molar-refractivity contribution in [2.24, 2.45) is 5.92 Å². The van der Waals surface area contributed by atoms with E-state index in [0.29, 0.717) is 18.6 Å². The van der Waals surface area contributed by atoms with E-state index >= 15 is 0 Å². The number of hydrogen-bond donors (Lipinski definition) is 1. The Morgan fingerprint density at radius 3 is 2.47 bits per heavy atom. The van der Waals surface area contributed by atoms with E-state index in [2.05, 4.69) is 5.32 Å². The number of amides is 3. The Morgan fingerprint density at radius 2 is 1.88 bits per heavy atom. The Labute approximate surface area is 189 Å². The number of rotatable bonds is 11. The second kappa shape index (κ2) is 10.5. The van der Waals surface area contributed by atoms with Crippen molar-refractivity contribution in [2.45, 2.75) is 52.5 Å². The Hall–Kier alpha value is -2.42. The maximum Gasteiger partial charge on any atom is 0.325 e. The van der Waals surface area contributed by atoms with E-state index in [1.54, 1.807) is 45.1 Å². The maximum absolute atomic E-state index is 14.0. The maximum atomic E-state index is 14.0.